The molecule has 3 rings (SSSR count). The lowest BCUT2D eigenvalue weighted by molar-refractivity contribution is 0.112. The molecule has 23 heavy (non-hydrogen) atoms. The van der Waals surface area contributed by atoms with E-state index in [2.05, 4.69) is 4.72 Å². The lowest BCUT2D eigenvalue weighted by atomic mass is 10.1. The summed E-state index contributed by atoms with van der Waals surface area (Å²) in [6, 6.07) is 16.8. The number of carbonyl (C=O) groups excluding carboxylic acids is 1. The van der Waals surface area contributed by atoms with Gasteiger partial charge in [0.25, 0.3) is 10.0 Å². The number of halogens is 1. The first-order chi connectivity index (χ1) is 11.0. The Morgan fingerprint density at radius 3 is 2.35 bits per heavy atom. The molecular weight excluding hydrogens is 334 g/mol. The lowest BCUT2D eigenvalue weighted by Crippen LogP contribution is -2.13. The molecule has 0 heterocycles. The highest BCUT2D eigenvalue weighted by Gasteiger charge is 2.15. The zero-order valence-corrected chi connectivity index (χ0v) is 13.4. The molecule has 4 nitrogen and oxygen atoms in total. The van der Waals surface area contributed by atoms with Crippen LogP contribution in [0.3, 0.4) is 0 Å². The van der Waals surface area contributed by atoms with Crippen LogP contribution in [0.25, 0.3) is 10.8 Å². The highest BCUT2D eigenvalue weighted by Crippen LogP contribution is 2.24. The van der Waals surface area contributed by atoms with Gasteiger partial charge in [-0.3, -0.25) is 9.52 Å². The van der Waals surface area contributed by atoms with E-state index in [0.29, 0.717) is 17.5 Å². The Hall–Kier alpha value is -2.37. The lowest BCUT2D eigenvalue weighted by Gasteiger charge is -2.10. The number of hydrogen-bond acceptors (Lipinski definition) is 3. The summed E-state index contributed by atoms with van der Waals surface area (Å²) in [5.74, 6) is 0. The van der Waals surface area contributed by atoms with Gasteiger partial charge in [-0.25, -0.2) is 8.42 Å². The molecule has 0 saturated carbocycles. The summed E-state index contributed by atoms with van der Waals surface area (Å²) in [5.41, 5.74) is 0.606. The monoisotopic (exact) mass is 345 g/mol. The van der Waals surface area contributed by atoms with Crippen molar-refractivity contribution >= 4 is 44.4 Å². The molecule has 6 heteroatoms. The van der Waals surface area contributed by atoms with Crippen LogP contribution >= 0.6 is 11.6 Å². The Kier molecular flexibility index (Phi) is 4.07. The van der Waals surface area contributed by atoms with Crippen molar-refractivity contribution in [2.24, 2.45) is 0 Å². The summed E-state index contributed by atoms with van der Waals surface area (Å²) >= 11 is 5.92. The average Bonchev–Trinajstić information content (AvgIpc) is 2.54. The minimum Gasteiger partial charge on any atom is -0.298 e. The maximum atomic E-state index is 12.5. The number of benzene rings is 3. The first kappa shape index (κ1) is 15.5. The molecule has 0 saturated heterocycles. The van der Waals surface area contributed by atoms with Gasteiger partial charge in [0, 0.05) is 5.56 Å². The maximum Gasteiger partial charge on any atom is 0.261 e. The number of nitrogens with one attached hydrogen (secondary N) is 1. The van der Waals surface area contributed by atoms with Crippen molar-refractivity contribution in [3.63, 3.8) is 0 Å². The summed E-state index contributed by atoms with van der Waals surface area (Å²) in [6.45, 7) is 0. The van der Waals surface area contributed by atoms with E-state index >= 15 is 0 Å². The second kappa shape index (κ2) is 6.02. The Bertz CT molecular complexity index is 1000. The summed E-state index contributed by atoms with van der Waals surface area (Å²) in [7, 11) is -3.74. The Balaban J connectivity index is 1.96. The number of anilines is 1. The fraction of sp³-hybridized carbons (Fsp3) is 0. The number of rotatable bonds is 4. The smallest absolute Gasteiger partial charge is 0.261 e. The van der Waals surface area contributed by atoms with Gasteiger partial charge in [0.05, 0.1) is 15.6 Å². The van der Waals surface area contributed by atoms with Crippen molar-refractivity contribution in [2.75, 3.05) is 4.72 Å². The summed E-state index contributed by atoms with van der Waals surface area (Å²) in [4.78, 5) is 10.9. The van der Waals surface area contributed by atoms with Gasteiger partial charge in [-0.05, 0) is 41.1 Å². The normalized spacial score (nSPS) is 11.3. The number of hydrogen-bond donors (Lipinski definition) is 1. The van der Waals surface area contributed by atoms with Gasteiger partial charge in [0.15, 0.2) is 6.29 Å². The van der Waals surface area contributed by atoms with E-state index in [4.69, 9.17) is 11.6 Å². The van der Waals surface area contributed by atoms with Crippen molar-refractivity contribution in [3.8, 4) is 0 Å². The standard InChI is InChI=1S/C17H12ClNO3S/c18-17-10-15(7-5-14(17)11-20)19-23(21,22)16-8-6-12-3-1-2-4-13(12)9-16/h1-11,19H. The summed E-state index contributed by atoms with van der Waals surface area (Å²) < 4.78 is 27.4. The van der Waals surface area contributed by atoms with Gasteiger partial charge in [-0.15, -0.1) is 0 Å². The third-order valence-corrected chi connectivity index (χ3v) is 5.12. The highest BCUT2D eigenvalue weighted by atomic mass is 35.5. The minimum atomic E-state index is -3.74. The van der Waals surface area contributed by atoms with Gasteiger partial charge in [0.2, 0.25) is 0 Å². The number of fused-ring (bicyclic) bond motifs is 1. The molecule has 0 fully saturated rings. The molecular formula is C17H12ClNO3S. The van der Waals surface area contributed by atoms with Crippen molar-refractivity contribution in [2.45, 2.75) is 4.90 Å². The van der Waals surface area contributed by atoms with Crippen molar-refractivity contribution in [1.82, 2.24) is 0 Å². The predicted molar refractivity (Wildman–Crippen MR) is 91.6 cm³/mol. The first-order valence-electron chi connectivity index (χ1n) is 6.76. The van der Waals surface area contributed by atoms with E-state index in [-0.39, 0.29) is 9.92 Å². The van der Waals surface area contributed by atoms with Crippen molar-refractivity contribution in [1.29, 1.82) is 0 Å². The van der Waals surface area contributed by atoms with Crippen LogP contribution in [0.5, 0.6) is 0 Å². The molecule has 0 amide bonds. The van der Waals surface area contributed by atoms with Crippen LogP contribution in [0.1, 0.15) is 10.4 Å². The zero-order valence-electron chi connectivity index (χ0n) is 11.9. The maximum absolute atomic E-state index is 12.5. The molecule has 1 N–H and O–H groups in total. The van der Waals surface area contributed by atoms with E-state index in [0.717, 1.165) is 10.8 Å². The van der Waals surface area contributed by atoms with Crippen LogP contribution in [0.15, 0.2) is 65.6 Å². The summed E-state index contributed by atoms with van der Waals surface area (Å²) in [6.07, 6.45) is 0.615. The van der Waals surface area contributed by atoms with Crippen LogP contribution in [0, 0.1) is 0 Å². The van der Waals surface area contributed by atoms with E-state index in [9.17, 15) is 13.2 Å². The molecule has 0 unspecified atom stereocenters. The quantitative estimate of drug-likeness (QED) is 0.724. The van der Waals surface area contributed by atoms with E-state index < -0.39 is 10.0 Å². The third-order valence-electron chi connectivity index (χ3n) is 3.41. The fourth-order valence-electron chi connectivity index (χ4n) is 2.23. The minimum absolute atomic E-state index is 0.159. The number of carbonyl (C=O) groups is 1. The first-order valence-corrected chi connectivity index (χ1v) is 8.62. The van der Waals surface area contributed by atoms with Crippen LogP contribution in [-0.2, 0) is 10.0 Å². The van der Waals surface area contributed by atoms with Gasteiger partial charge >= 0.3 is 0 Å². The van der Waals surface area contributed by atoms with Gasteiger partial charge < -0.3 is 0 Å². The van der Waals surface area contributed by atoms with Gasteiger partial charge in [-0.1, -0.05) is 41.9 Å². The third kappa shape index (κ3) is 3.21. The second-order valence-electron chi connectivity index (χ2n) is 4.97. The SMILES string of the molecule is O=Cc1ccc(NS(=O)(=O)c2ccc3ccccc3c2)cc1Cl. The molecule has 3 aromatic carbocycles. The summed E-state index contributed by atoms with van der Waals surface area (Å²) in [5, 5.41) is 1.99. The van der Waals surface area contributed by atoms with Crippen LogP contribution in [0.4, 0.5) is 5.69 Å². The molecule has 0 bridgehead atoms. The van der Waals surface area contributed by atoms with Crippen molar-refractivity contribution < 1.29 is 13.2 Å². The molecule has 0 aliphatic heterocycles. The Morgan fingerprint density at radius 1 is 0.913 bits per heavy atom. The van der Waals surface area contributed by atoms with E-state index in [1.165, 1.54) is 18.2 Å². The Morgan fingerprint density at radius 2 is 1.65 bits per heavy atom. The zero-order chi connectivity index (χ0) is 16.4. The van der Waals surface area contributed by atoms with E-state index in [1.54, 1.807) is 18.2 Å². The van der Waals surface area contributed by atoms with Gasteiger partial charge in [0.1, 0.15) is 0 Å². The Labute approximate surface area is 138 Å². The molecule has 3 aromatic rings. The van der Waals surface area contributed by atoms with E-state index in [1.807, 2.05) is 24.3 Å². The van der Waals surface area contributed by atoms with Gasteiger partial charge in [-0.2, -0.15) is 0 Å². The molecule has 0 atom stereocenters. The molecule has 0 aromatic heterocycles. The van der Waals surface area contributed by atoms with Crippen LogP contribution < -0.4 is 4.72 Å². The number of aldehydes is 1. The molecule has 0 aliphatic carbocycles. The van der Waals surface area contributed by atoms with Crippen molar-refractivity contribution in [3.05, 3.63) is 71.2 Å². The molecule has 0 aliphatic rings. The fourth-order valence-corrected chi connectivity index (χ4v) is 3.54. The average molecular weight is 346 g/mol. The molecule has 0 spiro atoms. The predicted octanol–water partition coefficient (Wildman–Crippen LogP) is 4.11. The molecule has 116 valence electrons. The highest BCUT2D eigenvalue weighted by molar-refractivity contribution is 7.92. The topological polar surface area (TPSA) is 63.2 Å². The number of sulfonamides is 1. The second-order valence-corrected chi connectivity index (χ2v) is 7.06. The molecule has 0 radical (unpaired) electrons. The largest absolute Gasteiger partial charge is 0.298 e. The van der Waals surface area contributed by atoms with Crippen LogP contribution in [0.2, 0.25) is 5.02 Å². The van der Waals surface area contributed by atoms with Crippen LogP contribution in [-0.4, -0.2) is 14.7 Å².